The summed E-state index contributed by atoms with van der Waals surface area (Å²) in [6.45, 7) is 3.91. The van der Waals surface area contributed by atoms with E-state index in [9.17, 15) is 0 Å². The summed E-state index contributed by atoms with van der Waals surface area (Å²) < 4.78 is 26.9. The number of hydrogen-bond acceptors (Lipinski definition) is 6. The van der Waals surface area contributed by atoms with Crippen LogP contribution in [0, 0.1) is 0 Å². The van der Waals surface area contributed by atoms with Crippen LogP contribution in [0.25, 0.3) is 6.08 Å². The molecule has 2 aliphatic heterocycles. The monoisotopic (exact) mass is 667 g/mol. The number of nitrogens with zero attached hydrogens (tertiary/aromatic N) is 3. The number of halogens is 2. The highest BCUT2D eigenvalue weighted by atomic mass is 35.5. The molecule has 0 bridgehead atoms. The van der Waals surface area contributed by atoms with Crippen molar-refractivity contribution in [1.29, 1.82) is 0 Å². The van der Waals surface area contributed by atoms with Crippen LogP contribution >= 0.6 is 23.2 Å². The van der Waals surface area contributed by atoms with Gasteiger partial charge in [0.15, 0.2) is 0 Å². The first kappa shape index (κ1) is 31.5. The van der Waals surface area contributed by atoms with Crippen LogP contribution in [0.1, 0.15) is 22.3 Å². The fourth-order valence-corrected chi connectivity index (χ4v) is 6.52. The number of hydrogen-bond donors (Lipinski definition) is 0. The van der Waals surface area contributed by atoms with Crippen molar-refractivity contribution in [2.45, 2.75) is 31.4 Å². The Hall–Kier alpha value is -4.11. The SMILES string of the molecule is Clc1cc(Cl)cc([C@@]2(Cn3ccnc3)OC[C@H](COc3ccc4c(c3)CCN(C/C=C/c3ccc(Oc5ccccc5)cc3)C4)O2)c1. The second-order valence-corrected chi connectivity index (χ2v) is 12.7. The van der Waals surface area contributed by atoms with E-state index in [0.717, 1.165) is 54.4 Å². The first-order valence-electron chi connectivity index (χ1n) is 15.7. The number of aromatic nitrogens is 2. The smallest absolute Gasteiger partial charge is 0.214 e. The van der Waals surface area contributed by atoms with Gasteiger partial charge in [-0.3, -0.25) is 4.90 Å². The fourth-order valence-electron chi connectivity index (χ4n) is 6.00. The molecule has 0 amide bonds. The van der Waals surface area contributed by atoms with E-state index in [1.165, 1.54) is 11.1 Å². The second-order valence-electron chi connectivity index (χ2n) is 11.8. The third-order valence-corrected chi connectivity index (χ3v) is 8.79. The quantitative estimate of drug-likeness (QED) is 0.141. The molecule has 0 spiro atoms. The lowest BCUT2D eigenvalue weighted by Gasteiger charge is -2.29. The maximum Gasteiger partial charge on any atom is 0.214 e. The molecule has 0 N–H and O–H groups in total. The van der Waals surface area contributed by atoms with Gasteiger partial charge in [-0.15, -0.1) is 0 Å². The summed E-state index contributed by atoms with van der Waals surface area (Å²) in [5, 5.41) is 1.04. The molecule has 0 saturated carbocycles. The molecular weight excluding hydrogens is 633 g/mol. The standard InChI is InChI=1S/C38H35Cl2N3O4/c39-32-20-31(21-33(40)22-32)38(26-43-18-15-41-27-43)45-25-37(47-38)24-44-36-13-10-30-23-42(17-14-29(30)19-36)16-4-5-28-8-11-35(12-9-28)46-34-6-2-1-3-7-34/h1-13,15,18-22,27,37H,14,16-17,23-26H2/b5-4+/t37-,38-/m0/s1. The Balaban J connectivity index is 0.919. The predicted octanol–water partition coefficient (Wildman–Crippen LogP) is 8.40. The Morgan fingerprint density at radius 2 is 1.68 bits per heavy atom. The molecule has 47 heavy (non-hydrogen) atoms. The van der Waals surface area contributed by atoms with Crippen molar-refractivity contribution in [2.75, 3.05) is 26.3 Å². The zero-order valence-corrected chi connectivity index (χ0v) is 27.3. The Morgan fingerprint density at radius 1 is 0.894 bits per heavy atom. The van der Waals surface area contributed by atoms with Gasteiger partial charge >= 0.3 is 0 Å². The van der Waals surface area contributed by atoms with Crippen molar-refractivity contribution in [3.63, 3.8) is 0 Å². The van der Waals surface area contributed by atoms with E-state index in [2.05, 4.69) is 46.3 Å². The molecule has 0 radical (unpaired) electrons. The Bertz CT molecular complexity index is 1790. The van der Waals surface area contributed by atoms with E-state index < -0.39 is 5.79 Å². The van der Waals surface area contributed by atoms with E-state index in [4.69, 9.17) is 42.1 Å². The van der Waals surface area contributed by atoms with Crippen LogP contribution < -0.4 is 9.47 Å². The number of benzene rings is 4. The number of para-hydroxylation sites is 1. The minimum absolute atomic E-state index is 0.276. The van der Waals surface area contributed by atoms with Crippen LogP contribution in [0.2, 0.25) is 10.0 Å². The van der Waals surface area contributed by atoms with Crippen LogP contribution in [-0.2, 0) is 34.8 Å². The van der Waals surface area contributed by atoms with Crippen LogP contribution in [0.4, 0.5) is 0 Å². The van der Waals surface area contributed by atoms with Crippen LogP contribution in [0.15, 0.2) is 116 Å². The average molecular weight is 669 g/mol. The van der Waals surface area contributed by atoms with E-state index in [1.807, 2.05) is 71.4 Å². The summed E-state index contributed by atoms with van der Waals surface area (Å²) in [6.07, 6.45) is 10.4. The Morgan fingerprint density at radius 3 is 2.47 bits per heavy atom. The summed E-state index contributed by atoms with van der Waals surface area (Å²) in [5.74, 6) is 1.44. The van der Waals surface area contributed by atoms with Gasteiger partial charge in [-0.05, 0) is 77.7 Å². The molecule has 9 heteroatoms. The number of ether oxygens (including phenoxy) is 4. The van der Waals surface area contributed by atoms with Crippen LogP contribution in [0.5, 0.6) is 17.2 Å². The number of fused-ring (bicyclic) bond motifs is 1. The molecule has 240 valence electrons. The van der Waals surface area contributed by atoms with Crippen molar-refractivity contribution in [3.05, 3.63) is 148 Å². The third-order valence-electron chi connectivity index (χ3n) is 8.35. The molecule has 0 aliphatic carbocycles. The van der Waals surface area contributed by atoms with Gasteiger partial charge in [-0.2, -0.15) is 0 Å². The van der Waals surface area contributed by atoms with E-state index >= 15 is 0 Å². The zero-order valence-electron chi connectivity index (χ0n) is 25.8. The molecule has 7 rings (SSSR count). The highest BCUT2D eigenvalue weighted by Gasteiger charge is 2.44. The highest BCUT2D eigenvalue weighted by Crippen LogP contribution is 2.39. The number of imidazole rings is 1. The van der Waals surface area contributed by atoms with Gasteiger partial charge in [0.2, 0.25) is 5.79 Å². The van der Waals surface area contributed by atoms with Gasteiger partial charge in [0, 0.05) is 47.6 Å². The predicted molar refractivity (Wildman–Crippen MR) is 184 cm³/mol. The lowest BCUT2D eigenvalue weighted by molar-refractivity contribution is -0.189. The summed E-state index contributed by atoms with van der Waals surface area (Å²) in [7, 11) is 0. The lowest BCUT2D eigenvalue weighted by Crippen LogP contribution is -2.34. The molecule has 1 aromatic heterocycles. The molecule has 7 nitrogen and oxygen atoms in total. The Kier molecular flexibility index (Phi) is 9.61. The highest BCUT2D eigenvalue weighted by molar-refractivity contribution is 6.34. The molecule has 3 heterocycles. The average Bonchev–Trinajstić information content (AvgIpc) is 3.75. The largest absolute Gasteiger partial charge is 0.491 e. The normalized spacial score (nSPS) is 19.6. The molecule has 1 saturated heterocycles. The van der Waals surface area contributed by atoms with E-state index in [1.54, 1.807) is 18.6 Å². The molecular formula is C38H35Cl2N3O4. The maximum atomic E-state index is 6.53. The molecule has 4 aromatic carbocycles. The minimum Gasteiger partial charge on any atom is -0.491 e. The summed E-state index contributed by atoms with van der Waals surface area (Å²) in [6, 6.07) is 29.7. The molecule has 2 aliphatic rings. The van der Waals surface area contributed by atoms with E-state index in [-0.39, 0.29) is 6.10 Å². The van der Waals surface area contributed by atoms with Crippen molar-refractivity contribution >= 4 is 29.3 Å². The van der Waals surface area contributed by atoms with Gasteiger partial charge in [0.1, 0.15) is 30.0 Å². The molecule has 5 aromatic rings. The number of rotatable bonds is 11. The van der Waals surface area contributed by atoms with Crippen molar-refractivity contribution in [1.82, 2.24) is 14.5 Å². The lowest BCUT2D eigenvalue weighted by atomic mass is 9.99. The summed E-state index contributed by atoms with van der Waals surface area (Å²) in [4.78, 5) is 6.62. The van der Waals surface area contributed by atoms with Gasteiger partial charge in [0.05, 0.1) is 19.5 Å². The van der Waals surface area contributed by atoms with Crippen molar-refractivity contribution < 1.29 is 18.9 Å². The van der Waals surface area contributed by atoms with Gasteiger partial charge < -0.3 is 23.5 Å². The van der Waals surface area contributed by atoms with Crippen LogP contribution in [0.3, 0.4) is 0 Å². The molecule has 0 unspecified atom stereocenters. The summed E-state index contributed by atoms with van der Waals surface area (Å²) in [5.41, 5.74) is 4.56. The summed E-state index contributed by atoms with van der Waals surface area (Å²) >= 11 is 12.7. The van der Waals surface area contributed by atoms with Crippen molar-refractivity contribution in [3.8, 4) is 17.2 Å². The first-order chi connectivity index (χ1) is 23.0. The second kappa shape index (κ2) is 14.3. The van der Waals surface area contributed by atoms with Gasteiger partial charge in [0.25, 0.3) is 0 Å². The van der Waals surface area contributed by atoms with Gasteiger partial charge in [-0.25, -0.2) is 4.98 Å². The molecule has 2 atom stereocenters. The van der Waals surface area contributed by atoms with Gasteiger partial charge in [-0.1, -0.05) is 71.8 Å². The van der Waals surface area contributed by atoms with Crippen molar-refractivity contribution in [2.24, 2.45) is 0 Å². The van der Waals surface area contributed by atoms with Crippen LogP contribution in [-0.4, -0.2) is 46.9 Å². The minimum atomic E-state index is -1.06. The topological polar surface area (TPSA) is 58.0 Å². The maximum absolute atomic E-state index is 6.53. The Labute approximate surface area is 284 Å². The fraction of sp³-hybridized carbons (Fsp3) is 0.237. The van der Waals surface area contributed by atoms with E-state index in [0.29, 0.717) is 29.8 Å². The zero-order chi connectivity index (χ0) is 32.1. The third kappa shape index (κ3) is 7.89. The molecule has 1 fully saturated rings. The first-order valence-corrected chi connectivity index (χ1v) is 16.5.